The number of hydrogen-bond acceptors (Lipinski definition) is 7. The minimum absolute atomic E-state index is 0.153. The maximum absolute atomic E-state index is 12.2. The average molecular weight is 358 g/mol. The lowest BCUT2D eigenvalue weighted by Gasteiger charge is -2.15. The van der Waals surface area contributed by atoms with Gasteiger partial charge in [0.15, 0.2) is 23.0 Å². The molecule has 0 unspecified atom stereocenters. The summed E-state index contributed by atoms with van der Waals surface area (Å²) in [5.74, 6) is -5.16. The largest absolute Gasteiger partial charge is 0.504 e. The van der Waals surface area contributed by atoms with Gasteiger partial charge in [-0.1, -0.05) is 12.1 Å². The molecule has 1 saturated heterocycles. The predicted octanol–water partition coefficient (Wildman–Crippen LogP) is 1.89. The van der Waals surface area contributed by atoms with Crippen LogP contribution in [-0.4, -0.2) is 37.5 Å². The molecule has 26 heavy (non-hydrogen) atoms. The number of carboxylic acid groups (broad SMARTS) is 1. The van der Waals surface area contributed by atoms with Crippen molar-refractivity contribution in [3.8, 4) is 23.0 Å². The minimum atomic E-state index is -1.36. The van der Waals surface area contributed by atoms with Crippen LogP contribution in [-0.2, 0) is 14.3 Å². The van der Waals surface area contributed by atoms with Crippen molar-refractivity contribution in [2.45, 2.75) is 6.10 Å². The van der Waals surface area contributed by atoms with Crippen molar-refractivity contribution in [1.29, 1.82) is 0 Å². The van der Waals surface area contributed by atoms with Gasteiger partial charge in [0.1, 0.15) is 12.0 Å². The van der Waals surface area contributed by atoms with Gasteiger partial charge in [-0.15, -0.1) is 0 Å². The maximum Gasteiger partial charge on any atom is 0.335 e. The Morgan fingerprint density at radius 2 is 1.54 bits per heavy atom. The van der Waals surface area contributed by atoms with Crippen LogP contribution in [0.25, 0.3) is 6.08 Å². The van der Waals surface area contributed by atoms with E-state index >= 15 is 0 Å². The minimum Gasteiger partial charge on any atom is -0.504 e. The second-order valence-corrected chi connectivity index (χ2v) is 5.74. The summed E-state index contributed by atoms with van der Waals surface area (Å²) in [5.41, 5.74) is 0.353. The third-order valence-electron chi connectivity index (χ3n) is 4.02. The van der Waals surface area contributed by atoms with Crippen LogP contribution in [0.1, 0.15) is 17.2 Å². The molecule has 0 spiro atoms. The number of carbonyl (C=O) groups is 2. The van der Waals surface area contributed by atoms with Crippen LogP contribution in [0.4, 0.5) is 0 Å². The van der Waals surface area contributed by atoms with Crippen molar-refractivity contribution in [2.24, 2.45) is 5.92 Å². The van der Waals surface area contributed by atoms with E-state index in [2.05, 4.69) is 0 Å². The fourth-order valence-electron chi connectivity index (χ4n) is 2.74. The summed E-state index contributed by atoms with van der Waals surface area (Å²) in [7, 11) is 0. The quantitative estimate of drug-likeness (QED) is 0.318. The molecule has 0 bridgehead atoms. The monoisotopic (exact) mass is 358 g/mol. The van der Waals surface area contributed by atoms with Crippen LogP contribution in [0.2, 0.25) is 0 Å². The molecular weight excluding hydrogens is 344 g/mol. The first-order valence-electron chi connectivity index (χ1n) is 7.47. The molecule has 8 heteroatoms. The van der Waals surface area contributed by atoms with Crippen LogP contribution in [0.5, 0.6) is 23.0 Å². The van der Waals surface area contributed by atoms with E-state index in [1.807, 2.05) is 0 Å². The molecule has 8 nitrogen and oxygen atoms in total. The van der Waals surface area contributed by atoms with Crippen molar-refractivity contribution >= 4 is 18.0 Å². The number of benzene rings is 2. The van der Waals surface area contributed by atoms with E-state index in [1.165, 1.54) is 30.3 Å². The van der Waals surface area contributed by atoms with Crippen LogP contribution in [0.3, 0.4) is 0 Å². The van der Waals surface area contributed by atoms with Crippen molar-refractivity contribution < 1.29 is 39.9 Å². The molecule has 5 N–H and O–H groups in total. The Morgan fingerprint density at radius 3 is 2.12 bits per heavy atom. The number of carboxylic acids is 1. The highest BCUT2D eigenvalue weighted by molar-refractivity contribution is 6.02. The Hall–Kier alpha value is -3.68. The van der Waals surface area contributed by atoms with Crippen LogP contribution >= 0.6 is 0 Å². The van der Waals surface area contributed by atoms with Gasteiger partial charge in [-0.3, -0.25) is 4.79 Å². The van der Waals surface area contributed by atoms with E-state index in [0.717, 1.165) is 12.1 Å². The Balaban J connectivity index is 2.04. The highest BCUT2D eigenvalue weighted by Gasteiger charge is 2.45. The Morgan fingerprint density at radius 1 is 0.923 bits per heavy atom. The first-order valence-corrected chi connectivity index (χ1v) is 7.47. The number of aromatic hydroxyl groups is 4. The van der Waals surface area contributed by atoms with E-state index in [4.69, 9.17) is 4.74 Å². The molecule has 2 aromatic carbocycles. The molecule has 1 fully saturated rings. The van der Waals surface area contributed by atoms with Crippen LogP contribution < -0.4 is 0 Å². The lowest BCUT2D eigenvalue weighted by molar-refractivity contribution is -0.144. The van der Waals surface area contributed by atoms with Crippen molar-refractivity contribution in [2.75, 3.05) is 0 Å². The summed E-state index contributed by atoms with van der Waals surface area (Å²) in [6.07, 6.45) is 0.0593. The highest BCUT2D eigenvalue weighted by Crippen LogP contribution is 2.42. The summed E-state index contributed by atoms with van der Waals surface area (Å²) >= 11 is 0. The standard InChI is InChI=1S/C18H14O8/c19-11-3-1-8(6-13(11)21)5-10-15(17(23)24)16(26-18(10)25)9-2-4-12(20)14(22)7-9/h1-7,15-16,19-22H,(H,23,24)/t15-,16+/m0/s1. The van der Waals surface area contributed by atoms with E-state index in [-0.39, 0.29) is 22.6 Å². The topological polar surface area (TPSA) is 145 Å². The third-order valence-corrected chi connectivity index (χ3v) is 4.02. The zero-order valence-corrected chi connectivity index (χ0v) is 13.2. The molecule has 1 aliphatic rings. The summed E-state index contributed by atoms with van der Waals surface area (Å²) in [4.78, 5) is 23.9. The van der Waals surface area contributed by atoms with Gasteiger partial charge in [0, 0.05) is 0 Å². The smallest absolute Gasteiger partial charge is 0.335 e. The molecule has 2 atom stereocenters. The molecule has 0 saturated carbocycles. The van der Waals surface area contributed by atoms with E-state index < -0.39 is 35.5 Å². The number of rotatable bonds is 3. The molecule has 1 heterocycles. The molecule has 0 aromatic heterocycles. The molecule has 1 aliphatic heterocycles. The highest BCUT2D eigenvalue weighted by atomic mass is 16.6. The number of phenolic OH excluding ortho intramolecular Hbond substituents is 4. The lowest BCUT2D eigenvalue weighted by Crippen LogP contribution is -2.19. The summed E-state index contributed by atoms with van der Waals surface area (Å²) < 4.78 is 5.16. The normalized spacial score (nSPS) is 20.9. The molecule has 0 aliphatic carbocycles. The van der Waals surface area contributed by atoms with Gasteiger partial charge in [0.05, 0.1) is 5.57 Å². The SMILES string of the molecule is O=C1O[C@H](c2ccc(O)c(O)c2)[C@@H](C(=O)O)C1=Cc1ccc(O)c(O)c1. The van der Waals surface area contributed by atoms with Gasteiger partial charge in [0.2, 0.25) is 0 Å². The van der Waals surface area contributed by atoms with Gasteiger partial charge in [-0.2, -0.15) is 0 Å². The third kappa shape index (κ3) is 3.00. The van der Waals surface area contributed by atoms with E-state index in [9.17, 15) is 35.1 Å². The second-order valence-electron chi connectivity index (χ2n) is 5.74. The molecular formula is C18H14O8. The van der Waals surface area contributed by atoms with E-state index in [0.29, 0.717) is 5.56 Å². The summed E-state index contributed by atoms with van der Waals surface area (Å²) in [5, 5.41) is 47.4. The maximum atomic E-state index is 12.2. The van der Waals surface area contributed by atoms with Crippen LogP contribution in [0.15, 0.2) is 42.0 Å². The molecule has 0 radical (unpaired) electrons. The lowest BCUT2D eigenvalue weighted by atomic mass is 9.90. The van der Waals surface area contributed by atoms with Gasteiger partial charge < -0.3 is 30.3 Å². The van der Waals surface area contributed by atoms with Crippen molar-refractivity contribution in [1.82, 2.24) is 0 Å². The average Bonchev–Trinajstić information content (AvgIpc) is 2.90. The van der Waals surface area contributed by atoms with Crippen molar-refractivity contribution in [3.63, 3.8) is 0 Å². The first kappa shape index (κ1) is 17.2. The van der Waals surface area contributed by atoms with Crippen LogP contribution in [0, 0.1) is 5.92 Å². The molecule has 2 aromatic rings. The number of hydrogen-bond donors (Lipinski definition) is 5. The zero-order chi connectivity index (χ0) is 19.0. The number of phenols is 4. The fraction of sp³-hybridized carbons (Fsp3) is 0.111. The second kappa shape index (κ2) is 6.32. The first-order chi connectivity index (χ1) is 12.3. The van der Waals surface area contributed by atoms with Gasteiger partial charge >= 0.3 is 11.9 Å². The number of esters is 1. The Kier molecular flexibility index (Phi) is 4.17. The van der Waals surface area contributed by atoms with Gasteiger partial charge in [-0.25, -0.2) is 4.79 Å². The number of carbonyl (C=O) groups excluding carboxylic acids is 1. The number of ether oxygens (including phenoxy) is 1. The van der Waals surface area contributed by atoms with Gasteiger partial charge in [-0.05, 0) is 41.5 Å². The Bertz CT molecular complexity index is 931. The number of cyclic esters (lactones) is 1. The molecule has 134 valence electrons. The molecule has 0 amide bonds. The Labute approximate surface area is 146 Å². The van der Waals surface area contributed by atoms with Gasteiger partial charge in [0.25, 0.3) is 0 Å². The molecule has 3 rings (SSSR count). The summed E-state index contributed by atoms with van der Waals surface area (Å²) in [6, 6.07) is 7.41. The number of aliphatic carboxylic acids is 1. The zero-order valence-electron chi connectivity index (χ0n) is 13.2. The fourth-order valence-corrected chi connectivity index (χ4v) is 2.74. The van der Waals surface area contributed by atoms with Crippen molar-refractivity contribution in [3.05, 3.63) is 53.1 Å². The summed E-state index contributed by atoms with van der Waals surface area (Å²) in [6.45, 7) is 0. The predicted molar refractivity (Wildman–Crippen MR) is 87.5 cm³/mol. The van der Waals surface area contributed by atoms with E-state index in [1.54, 1.807) is 0 Å².